The average Bonchev–Trinajstić information content (AvgIpc) is 1.81. The van der Waals surface area contributed by atoms with Crippen LogP contribution in [0.1, 0.15) is 0 Å². The van der Waals surface area contributed by atoms with E-state index >= 15 is 0 Å². The fourth-order valence-electron chi connectivity index (χ4n) is 0.460. The molecular weight excluding hydrogens is 367 g/mol. The Hall–Kier alpha value is 0.710. The first-order chi connectivity index (χ1) is 5.79. The van der Waals surface area contributed by atoms with Crippen LogP contribution >= 0.6 is 53.2 Å². The molecule has 7 heteroatoms. The van der Waals surface area contributed by atoms with Crippen LogP contribution in [-0.2, 0) is 8.26 Å². The van der Waals surface area contributed by atoms with E-state index in [9.17, 15) is 0 Å². The minimum Gasteiger partial charge on any atom is -0.195 e. The van der Waals surface area contributed by atoms with E-state index in [2.05, 4.69) is 53.2 Å². The molecule has 0 atom stereocenters. The average molecular weight is 371 g/mol. The minimum atomic E-state index is -3.72. The summed E-state index contributed by atoms with van der Waals surface area (Å²) in [5.41, 5.74) is 0. The largest absolute Gasteiger partial charge is 0.317 e. The summed E-state index contributed by atoms with van der Waals surface area (Å²) in [5.74, 6) is 0. The van der Waals surface area contributed by atoms with Gasteiger partial charge in [0.25, 0.3) is 0 Å². The van der Waals surface area contributed by atoms with Gasteiger partial charge in [-0.05, 0) is 18.2 Å². The summed E-state index contributed by atoms with van der Waals surface area (Å²) in [6.07, 6.45) is 0. The van der Waals surface area contributed by atoms with E-state index in [1.54, 1.807) is 0 Å². The van der Waals surface area contributed by atoms with Gasteiger partial charge < -0.3 is 0 Å². The summed E-state index contributed by atoms with van der Waals surface area (Å²) >= 11 is 6.66. The first-order valence-electron chi connectivity index (χ1n) is 2.84. The molecule has 0 N–H and O–H groups in total. The van der Waals surface area contributed by atoms with E-state index in [-0.39, 0.29) is 0 Å². The fourth-order valence-corrected chi connectivity index (χ4v) is 1.57. The SMILES string of the molecule is Brc1cccc(Br)c1.O=S(=O)(Cl)Cl. The van der Waals surface area contributed by atoms with Gasteiger partial charge in [-0.3, -0.25) is 0 Å². The Balaban J connectivity index is 0.000000252. The molecule has 2 nitrogen and oxygen atoms in total. The van der Waals surface area contributed by atoms with Gasteiger partial charge in [0.1, 0.15) is 0 Å². The van der Waals surface area contributed by atoms with Crippen LogP contribution in [0.5, 0.6) is 0 Å². The Morgan fingerprint density at radius 2 is 1.38 bits per heavy atom. The Kier molecular flexibility index (Phi) is 6.58. The zero-order chi connectivity index (χ0) is 10.5. The highest BCUT2D eigenvalue weighted by atomic mass is 79.9. The lowest BCUT2D eigenvalue weighted by Crippen LogP contribution is -1.63. The molecule has 0 aliphatic heterocycles. The van der Waals surface area contributed by atoms with Crippen molar-refractivity contribution in [1.82, 2.24) is 0 Å². The third kappa shape index (κ3) is 12.7. The quantitative estimate of drug-likeness (QED) is 0.649. The molecule has 1 rings (SSSR count). The van der Waals surface area contributed by atoms with Crippen molar-refractivity contribution in [2.24, 2.45) is 0 Å². The third-order valence-electron chi connectivity index (χ3n) is 0.787. The first-order valence-corrected chi connectivity index (χ1v) is 7.56. The van der Waals surface area contributed by atoms with Crippen molar-refractivity contribution < 1.29 is 8.42 Å². The zero-order valence-electron chi connectivity index (χ0n) is 6.05. The molecule has 0 saturated heterocycles. The molecule has 0 spiro atoms. The maximum Gasteiger partial charge on any atom is 0.317 e. The second kappa shape index (κ2) is 6.24. The van der Waals surface area contributed by atoms with Gasteiger partial charge >= 0.3 is 8.26 Å². The van der Waals surface area contributed by atoms with Crippen LogP contribution < -0.4 is 0 Å². The molecule has 1 aromatic rings. The Morgan fingerprint density at radius 1 is 1.08 bits per heavy atom. The van der Waals surface area contributed by atoms with Gasteiger partial charge in [-0.2, -0.15) is 8.42 Å². The smallest absolute Gasteiger partial charge is 0.195 e. The normalized spacial score (nSPS) is 10.2. The van der Waals surface area contributed by atoms with Crippen molar-refractivity contribution in [1.29, 1.82) is 0 Å². The summed E-state index contributed by atoms with van der Waals surface area (Å²) in [6, 6.07) is 7.96. The molecule has 0 saturated carbocycles. The number of rotatable bonds is 0. The molecule has 0 bridgehead atoms. The standard InChI is InChI=1S/C6H4Br2.Cl2O2S/c7-5-2-1-3-6(8)4-5;1-5(2,3)4/h1-4H;. The van der Waals surface area contributed by atoms with E-state index < -0.39 is 8.26 Å². The van der Waals surface area contributed by atoms with Crippen LogP contribution in [0, 0.1) is 0 Å². The highest BCUT2D eigenvalue weighted by Crippen LogP contribution is 2.15. The monoisotopic (exact) mass is 368 g/mol. The molecule has 0 fully saturated rings. The topological polar surface area (TPSA) is 34.1 Å². The lowest BCUT2D eigenvalue weighted by molar-refractivity contribution is 0.621. The second-order valence-electron chi connectivity index (χ2n) is 1.82. The van der Waals surface area contributed by atoms with E-state index in [1.807, 2.05) is 24.3 Å². The van der Waals surface area contributed by atoms with E-state index in [0.29, 0.717) is 0 Å². The Bertz CT molecular complexity index is 341. The van der Waals surface area contributed by atoms with Crippen LogP contribution in [0.15, 0.2) is 33.2 Å². The number of benzene rings is 1. The van der Waals surface area contributed by atoms with Crippen LogP contribution in [0.2, 0.25) is 0 Å². The first kappa shape index (κ1) is 13.7. The maximum absolute atomic E-state index is 9.16. The van der Waals surface area contributed by atoms with Gasteiger partial charge in [0.05, 0.1) is 0 Å². The summed E-state index contributed by atoms with van der Waals surface area (Å²) in [7, 11) is 4.81. The van der Waals surface area contributed by atoms with Crippen LogP contribution in [0.3, 0.4) is 0 Å². The maximum atomic E-state index is 9.16. The molecule has 0 radical (unpaired) electrons. The van der Waals surface area contributed by atoms with Gasteiger partial charge in [0.2, 0.25) is 0 Å². The van der Waals surface area contributed by atoms with Crippen molar-refractivity contribution in [2.45, 2.75) is 0 Å². The number of halogens is 4. The molecule has 0 unspecified atom stereocenters. The lowest BCUT2D eigenvalue weighted by Gasteiger charge is -1.87. The van der Waals surface area contributed by atoms with Crippen molar-refractivity contribution in [3.05, 3.63) is 33.2 Å². The molecule has 74 valence electrons. The molecule has 1 aromatic carbocycles. The third-order valence-corrected chi connectivity index (χ3v) is 1.77. The number of hydrogen-bond acceptors (Lipinski definition) is 2. The Morgan fingerprint density at radius 3 is 1.54 bits per heavy atom. The van der Waals surface area contributed by atoms with Crippen LogP contribution in [-0.4, -0.2) is 8.42 Å². The van der Waals surface area contributed by atoms with E-state index in [0.717, 1.165) is 8.95 Å². The molecule has 0 aliphatic rings. The van der Waals surface area contributed by atoms with E-state index in [4.69, 9.17) is 8.42 Å². The molecular formula is C6H4Br2Cl2O2S. The van der Waals surface area contributed by atoms with Gasteiger partial charge in [-0.1, -0.05) is 37.9 Å². The van der Waals surface area contributed by atoms with Gasteiger partial charge in [0.15, 0.2) is 0 Å². The Labute approximate surface area is 102 Å². The zero-order valence-corrected chi connectivity index (χ0v) is 11.5. The van der Waals surface area contributed by atoms with Crippen molar-refractivity contribution in [3.8, 4) is 0 Å². The second-order valence-corrected chi connectivity index (χ2v) is 7.32. The summed E-state index contributed by atoms with van der Waals surface area (Å²) in [5, 5.41) is 0. The molecule has 0 aliphatic carbocycles. The molecule has 0 aromatic heterocycles. The predicted molar refractivity (Wildman–Crippen MR) is 62.5 cm³/mol. The van der Waals surface area contributed by atoms with Gasteiger partial charge in [0, 0.05) is 30.3 Å². The van der Waals surface area contributed by atoms with Crippen LogP contribution in [0.25, 0.3) is 0 Å². The molecule has 0 heterocycles. The van der Waals surface area contributed by atoms with Crippen LogP contribution in [0.4, 0.5) is 0 Å². The van der Waals surface area contributed by atoms with Crippen molar-refractivity contribution in [2.75, 3.05) is 0 Å². The van der Waals surface area contributed by atoms with Crippen molar-refractivity contribution >= 4 is 61.5 Å². The molecule has 0 amide bonds. The van der Waals surface area contributed by atoms with Crippen molar-refractivity contribution in [3.63, 3.8) is 0 Å². The summed E-state index contributed by atoms with van der Waals surface area (Å²) in [4.78, 5) is 0. The highest BCUT2D eigenvalue weighted by Gasteiger charge is 1.88. The number of hydrogen-bond donors (Lipinski definition) is 0. The minimum absolute atomic E-state index is 1.10. The predicted octanol–water partition coefficient (Wildman–Crippen LogP) is 3.92. The summed E-state index contributed by atoms with van der Waals surface area (Å²) in [6.45, 7) is 0. The van der Waals surface area contributed by atoms with Gasteiger partial charge in [-0.25, -0.2) is 0 Å². The highest BCUT2D eigenvalue weighted by molar-refractivity contribution is 9.11. The van der Waals surface area contributed by atoms with E-state index in [1.165, 1.54) is 0 Å². The lowest BCUT2D eigenvalue weighted by atomic mass is 10.4. The molecule has 13 heavy (non-hydrogen) atoms. The fraction of sp³-hybridized carbons (Fsp3) is 0. The van der Waals surface area contributed by atoms with Gasteiger partial charge in [-0.15, -0.1) is 0 Å². The summed E-state index contributed by atoms with van der Waals surface area (Å²) < 4.78 is 20.5.